The minimum atomic E-state index is -3.66. The van der Waals surface area contributed by atoms with Crippen LogP contribution in [0.2, 0.25) is 0 Å². The van der Waals surface area contributed by atoms with E-state index in [0.29, 0.717) is 5.92 Å². The van der Waals surface area contributed by atoms with Crippen LogP contribution in [0.15, 0.2) is 29.2 Å². The Balaban J connectivity index is 2.57. The lowest BCUT2D eigenvalue weighted by molar-refractivity contribution is -0.145. The van der Waals surface area contributed by atoms with Crippen molar-refractivity contribution < 1.29 is 17.9 Å². The standard InChI is InChI=1S/C15H20N2O4S/c1-11(2)13-4-6-14(7-5-13)22(19,20)17-9-8-15(18)21-12(3)10-16/h4-7,11-12,17H,8-9H2,1-3H3/t12-/m0/s1. The Morgan fingerprint density at radius 2 is 1.86 bits per heavy atom. The maximum Gasteiger partial charge on any atom is 0.308 e. The molecule has 1 aromatic rings. The molecule has 0 fully saturated rings. The lowest BCUT2D eigenvalue weighted by atomic mass is 10.0. The van der Waals surface area contributed by atoms with Crippen LogP contribution in [-0.4, -0.2) is 27.0 Å². The van der Waals surface area contributed by atoms with E-state index >= 15 is 0 Å². The van der Waals surface area contributed by atoms with Gasteiger partial charge in [-0.25, -0.2) is 13.1 Å². The normalized spacial score (nSPS) is 12.7. The number of nitriles is 1. The smallest absolute Gasteiger partial charge is 0.308 e. The van der Waals surface area contributed by atoms with E-state index in [9.17, 15) is 13.2 Å². The molecule has 120 valence electrons. The third kappa shape index (κ3) is 5.47. The first-order valence-corrected chi connectivity index (χ1v) is 8.43. The minimum Gasteiger partial charge on any atom is -0.447 e. The maximum absolute atomic E-state index is 12.1. The molecule has 1 N–H and O–H groups in total. The average molecular weight is 324 g/mol. The summed E-state index contributed by atoms with van der Waals surface area (Å²) in [6.45, 7) is 5.41. The van der Waals surface area contributed by atoms with Crippen LogP contribution in [0.3, 0.4) is 0 Å². The van der Waals surface area contributed by atoms with Gasteiger partial charge in [0.1, 0.15) is 6.07 Å². The quantitative estimate of drug-likeness (QED) is 0.773. The number of esters is 1. The highest BCUT2D eigenvalue weighted by atomic mass is 32.2. The molecule has 1 aromatic carbocycles. The summed E-state index contributed by atoms with van der Waals surface area (Å²) >= 11 is 0. The number of sulfonamides is 1. The molecule has 0 spiro atoms. The Bertz CT molecular complexity index is 645. The summed E-state index contributed by atoms with van der Waals surface area (Å²) in [5, 5.41) is 8.51. The van der Waals surface area contributed by atoms with E-state index in [4.69, 9.17) is 10.00 Å². The van der Waals surface area contributed by atoms with E-state index in [1.54, 1.807) is 18.2 Å². The molecule has 0 radical (unpaired) electrons. The van der Waals surface area contributed by atoms with Crippen molar-refractivity contribution in [2.45, 2.75) is 44.1 Å². The molecule has 0 saturated heterocycles. The molecule has 0 aliphatic heterocycles. The minimum absolute atomic E-state index is 0.0781. The summed E-state index contributed by atoms with van der Waals surface area (Å²) < 4.78 is 31.2. The van der Waals surface area contributed by atoms with Gasteiger partial charge in [0.2, 0.25) is 10.0 Å². The molecule has 0 amide bonds. The summed E-state index contributed by atoms with van der Waals surface area (Å²) in [5.41, 5.74) is 1.05. The van der Waals surface area contributed by atoms with Crippen LogP contribution >= 0.6 is 0 Å². The van der Waals surface area contributed by atoms with Crippen LogP contribution in [0.5, 0.6) is 0 Å². The predicted octanol–water partition coefficient (Wildman–Crippen LogP) is 1.93. The molecule has 0 saturated carbocycles. The van der Waals surface area contributed by atoms with Crippen LogP contribution in [0, 0.1) is 11.3 Å². The SMILES string of the molecule is CC(C)c1ccc(S(=O)(=O)NCCC(=O)O[C@@H](C)C#N)cc1. The van der Waals surface area contributed by atoms with Crippen molar-refractivity contribution in [3.8, 4) is 6.07 Å². The average Bonchev–Trinajstić information content (AvgIpc) is 2.46. The van der Waals surface area contributed by atoms with E-state index in [1.807, 2.05) is 13.8 Å². The predicted molar refractivity (Wildman–Crippen MR) is 81.5 cm³/mol. The molecular formula is C15H20N2O4S. The van der Waals surface area contributed by atoms with Gasteiger partial charge in [-0.05, 0) is 30.5 Å². The molecule has 22 heavy (non-hydrogen) atoms. The van der Waals surface area contributed by atoms with E-state index in [1.165, 1.54) is 19.1 Å². The highest BCUT2D eigenvalue weighted by Crippen LogP contribution is 2.17. The number of nitrogens with zero attached hydrogens (tertiary/aromatic N) is 1. The first kappa shape index (κ1) is 18.1. The lowest BCUT2D eigenvalue weighted by Gasteiger charge is -2.09. The van der Waals surface area contributed by atoms with Crippen molar-refractivity contribution >= 4 is 16.0 Å². The third-order valence-corrected chi connectivity index (χ3v) is 4.45. The first-order valence-electron chi connectivity index (χ1n) is 6.95. The number of ether oxygens (including phenoxy) is 1. The van der Waals surface area contributed by atoms with Crippen molar-refractivity contribution in [3.05, 3.63) is 29.8 Å². The van der Waals surface area contributed by atoms with E-state index < -0.39 is 22.1 Å². The summed E-state index contributed by atoms with van der Waals surface area (Å²) in [7, 11) is -3.66. The van der Waals surface area contributed by atoms with Crippen molar-refractivity contribution in [3.63, 3.8) is 0 Å². The zero-order chi connectivity index (χ0) is 16.8. The Morgan fingerprint density at radius 1 is 1.27 bits per heavy atom. The molecule has 0 unspecified atom stereocenters. The molecule has 0 heterocycles. The lowest BCUT2D eigenvalue weighted by Crippen LogP contribution is -2.27. The summed E-state index contributed by atoms with van der Waals surface area (Å²) in [5.74, 6) is -0.298. The van der Waals surface area contributed by atoms with E-state index in [0.717, 1.165) is 5.56 Å². The zero-order valence-electron chi connectivity index (χ0n) is 12.9. The van der Waals surface area contributed by atoms with Crippen LogP contribution < -0.4 is 4.72 Å². The number of nitrogens with one attached hydrogen (secondary N) is 1. The van der Waals surface area contributed by atoms with E-state index in [-0.39, 0.29) is 17.9 Å². The third-order valence-electron chi connectivity index (χ3n) is 2.97. The molecule has 0 aliphatic carbocycles. The summed E-state index contributed by atoms with van der Waals surface area (Å²) in [6.07, 6.45) is -0.970. The fourth-order valence-corrected chi connectivity index (χ4v) is 2.72. The van der Waals surface area contributed by atoms with Crippen molar-refractivity contribution in [2.24, 2.45) is 0 Å². The van der Waals surface area contributed by atoms with Crippen molar-refractivity contribution in [1.29, 1.82) is 5.26 Å². The van der Waals surface area contributed by atoms with Gasteiger partial charge in [0.15, 0.2) is 6.10 Å². The molecule has 0 aromatic heterocycles. The van der Waals surface area contributed by atoms with Gasteiger partial charge in [-0.2, -0.15) is 5.26 Å². The molecular weight excluding hydrogens is 304 g/mol. The molecule has 0 bridgehead atoms. The van der Waals surface area contributed by atoms with Crippen molar-refractivity contribution in [2.75, 3.05) is 6.54 Å². The van der Waals surface area contributed by atoms with Crippen LogP contribution in [0.25, 0.3) is 0 Å². The zero-order valence-corrected chi connectivity index (χ0v) is 13.7. The van der Waals surface area contributed by atoms with Crippen LogP contribution in [0.1, 0.15) is 38.7 Å². The van der Waals surface area contributed by atoms with Crippen LogP contribution in [0.4, 0.5) is 0 Å². The fraction of sp³-hybridized carbons (Fsp3) is 0.467. The second-order valence-electron chi connectivity index (χ2n) is 5.13. The monoisotopic (exact) mass is 324 g/mol. The molecule has 1 rings (SSSR count). The molecule has 0 aliphatic rings. The van der Waals surface area contributed by atoms with Crippen LogP contribution in [-0.2, 0) is 19.6 Å². The first-order chi connectivity index (χ1) is 10.3. The summed E-state index contributed by atoms with van der Waals surface area (Å²) in [6, 6.07) is 8.36. The fourth-order valence-electron chi connectivity index (χ4n) is 1.69. The van der Waals surface area contributed by atoms with Gasteiger partial charge in [-0.1, -0.05) is 26.0 Å². The van der Waals surface area contributed by atoms with Gasteiger partial charge in [-0.15, -0.1) is 0 Å². The number of hydrogen-bond acceptors (Lipinski definition) is 5. The maximum atomic E-state index is 12.1. The second kappa shape index (κ2) is 7.92. The number of carbonyl (C=O) groups excluding carboxylic acids is 1. The Hall–Kier alpha value is -1.91. The number of carbonyl (C=O) groups is 1. The number of hydrogen-bond donors (Lipinski definition) is 1. The second-order valence-corrected chi connectivity index (χ2v) is 6.90. The Morgan fingerprint density at radius 3 is 2.36 bits per heavy atom. The van der Waals surface area contributed by atoms with E-state index in [2.05, 4.69) is 4.72 Å². The Kier molecular flexibility index (Phi) is 6.53. The summed E-state index contributed by atoms with van der Waals surface area (Å²) in [4.78, 5) is 11.5. The van der Waals surface area contributed by atoms with Crippen molar-refractivity contribution in [1.82, 2.24) is 4.72 Å². The molecule has 6 nitrogen and oxygen atoms in total. The molecule has 7 heteroatoms. The topological polar surface area (TPSA) is 96.3 Å². The number of rotatable bonds is 7. The van der Waals surface area contributed by atoms with Gasteiger partial charge >= 0.3 is 5.97 Å². The Labute approximate surface area is 131 Å². The van der Waals surface area contributed by atoms with Gasteiger partial charge < -0.3 is 4.74 Å². The highest BCUT2D eigenvalue weighted by molar-refractivity contribution is 7.89. The largest absolute Gasteiger partial charge is 0.447 e. The van der Waals surface area contributed by atoms with Gasteiger partial charge in [0, 0.05) is 6.54 Å². The van der Waals surface area contributed by atoms with Gasteiger partial charge in [-0.3, -0.25) is 4.79 Å². The van der Waals surface area contributed by atoms with Gasteiger partial charge in [0.05, 0.1) is 11.3 Å². The highest BCUT2D eigenvalue weighted by Gasteiger charge is 2.15. The van der Waals surface area contributed by atoms with Gasteiger partial charge in [0.25, 0.3) is 0 Å². The number of benzene rings is 1. The molecule has 1 atom stereocenters.